The number of rotatable bonds is 2. The van der Waals surface area contributed by atoms with Crippen LogP contribution < -0.4 is 11.2 Å². The van der Waals surface area contributed by atoms with Gasteiger partial charge >= 0.3 is 5.69 Å². The molecule has 4 rings (SSSR count). The predicted molar refractivity (Wildman–Crippen MR) is 90.0 cm³/mol. The van der Waals surface area contributed by atoms with Gasteiger partial charge in [0.2, 0.25) is 0 Å². The SMILES string of the molecule is CC(C)(C)[C@H]1C[C@@H]1c1cc(-c2cc(=O)[nH]c(=O)[nH]2)nn2ccnc12. The first-order chi connectivity index (χ1) is 11.3. The molecule has 24 heavy (non-hydrogen) atoms. The molecule has 0 radical (unpaired) electrons. The summed E-state index contributed by atoms with van der Waals surface area (Å²) in [5.41, 5.74) is 2.18. The van der Waals surface area contributed by atoms with Crippen LogP contribution in [0.4, 0.5) is 0 Å². The number of H-pyrrole nitrogens is 2. The van der Waals surface area contributed by atoms with Crippen LogP contribution in [0.25, 0.3) is 17.0 Å². The van der Waals surface area contributed by atoms with Gasteiger partial charge in [-0.15, -0.1) is 0 Å². The number of fused-ring (bicyclic) bond motifs is 1. The van der Waals surface area contributed by atoms with Gasteiger partial charge in [-0.2, -0.15) is 5.10 Å². The molecule has 2 atom stereocenters. The fraction of sp³-hybridized carbons (Fsp3) is 0.412. The van der Waals surface area contributed by atoms with Crippen molar-refractivity contribution in [3.63, 3.8) is 0 Å². The Bertz CT molecular complexity index is 1010. The van der Waals surface area contributed by atoms with Gasteiger partial charge in [0.05, 0.1) is 5.69 Å². The van der Waals surface area contributed by atoms with Gasteiger partial charge in [0.25, 0.3) is 5.56 Å². The van der Waals surface area contributed by atoms with E-state index in [2.05, 4.69) is 40.8 Å². The highest BCUT2D eigenvalue weighted by molar-refractivity contribution is 5.61. The Kier molecular flexibility index (Phi) is 3.03. The Morgan fingerprint density at radius 3 is 2.67 bits per heavy atom. The lowest BCUT2D eigenvalue weighted by molar-refractivity contribution is 0.343. The van der Waals surface area contributed by atoms with Crippen LogP contribution in [-0.4, -0.2) is 24.6 Å². The quantitative estimate of drug-likeness (QED) is 0.752. The van der Waals surface area contributed by atoms with E-state index in [-0.39, 0.29) is 5.41 Å². The third-order valence-electron chi connectivity index (χ3n) is 4.73. The maximum Gasteiger partial charge on any atom is 0.326 e. The molecule has 1 aliphatic rings. The first kappa shape index (κ1) is 14.9. The first-order valence-electron chi connectivity index (χ1n) is 8.01. The van der Waals surface area contributed by atoms with E-state index in [1.807, 2.05) is 6.07 Å². The summed E-state index contributed by atoms with van der Waals surface area (Å²) in [5.74, 6) is 1.01. The smallest absolute Gasteiger partial charge is 0.305 e. The molecule has 3 heterocycles. The number of hydrogen-bond donors (Lipinski definition) is 2. The molecule has 7 nitrogen and oxygen atoms in total. The summed E-state index contributed by atoms with van der Waals surface area (Å²) in [4.78, 5) is 32.4. The first-order valence-corrected chi connectivity index (χ1v) is 8.01. The standard InChI is InChI=1S/C17H19N5O2/c1-17(2,3)11-6-9(11)10-7-13(21-22-5-4-18-15(10)22)12-8-14(23)20-16(24)19-12/h4-5,7-9,11H,6H2,1-3H3,(H2,19,20,23,24)/t9-,11+/m1/s1. The zero-order valence-electron chi connectivity index (χ0n) is 13.8. The van der Waals surface area contributed by atoms with E-state index >= 15 is 0 Å². The monoisotopic (exact) mass is 325 g/mol. The molecule has 0 aromatic carbocycles. The van der Waals surface area contributed by atoms with Crippen LogP contribution in [0.2, 0.25) is 0 Å². The van der Waals surface area contributed by atoms with Gasteiger partial charge in [-0.1, -0.05) is 20.8 Å². The molecular formula is C17H19N5O2. The molecule has 1 saturated carbocycles. The van der Waals surface area contributed by atoms with Crippen molar-refractivity contribution in [3.8, 4) is 11.4 Å². The fourth-order valence-electron chi connectivity index (χ4n) is 3.45. The van der Waals surface area contributed by atoms with Crippen LogP contribution in [0, 0.1) is 11.3 Å². The van der Waals surface area contributed by atoms with E-state index in [0.717, 1.165) is 17.6 Å². The number of imidazole rings is 1. The maximum absolute atomic E-state index is 11.6. The van der Waals surface area contributed by atoms with Gasteiger partial charge in [0, 0.05) is 24.0 Å². The van der Waals surface area contributed by atoms with Crippen molar-refractivity contribution < 1.29 is 0 Å². The van der Waals surface area contributed by atoms with Crippen molar-refractivity contribution in [1.29, 1.82) is 0 Å². The molecule has 2 N–H and O–H groups in total. The molecule has 0 saturated heterocycles. The molecule has 124 valence electrons. The molecular weight excluding hydrogens is 306 g/mol. The summed E-state index contributed by atoms with van der Waals surface area (Å²) in [5, 5.41) is 4.48. The Labute approximate surface area is 137 Å². The Balaban J connectivity index is 1.87. The fourth-order valence-corrected chi connectivity index (χ4v) is 3.45. The van der Waals surface area contributed by atoms with Crippen molar-refractivity contribution >= 4 is 5.65 Å². The summed E-state index contributed by atoms with van der Waals surface area (Å²) in [7, 11) is 0. The van der Waals surface area contributed by atoms with Crippen molar-refractivity contribution in [2.24, 2.45) is 11.3 Å². The van der Waals surface area contributed by atoms with E-state index in [4.69, 9.17) is 0 Å². The normalized spacial score (nSPS) is 20.5. The van der Waals surface area contributed by atoms with E-state index in [1.54, 1.807) is 16.9 Å². The van der Waals surface area contributed by atoms with Gasteiger partial charge in [-0.05, 0) is 29.7 Å². The zero-order valence-corrected chi connectivity index (χ0v) is 13.8. The predicted octanol–water partition coefficient (Wildman–Crippen LogP) is 1.92. The summed E-state index contributed by atoms with van der Waals surface area (Å²) < 4.78 is 1.71. The summed E-state index contributed by atoms with van der Waals surface area (Å²) in [6.45, 7) is 6.74. The topological polar surface area (TPSA) is 95.9 Å². The minimum absolute atomic E-state index is 0.232. The van der Waals surface area contributed by atoms with Crippen LogP contribution >= 0.6 is 0 Å². The molecule has 0 bridgehead atoms. The molecule has 3 aromatic rings. The molecule has 0 spiro atoms. The minimum atomic E-state index is -0.537. The van der Waals surface area contributed by atoms with Crippen LogP contribution in [0.15, 0.2) is 34.1 Å². The second-order valence-electron chi connectivity index (χ2n) is 7.50. The van der Waals surface area contributed by atoms with Crippen molar-refractivity contribution in [3.05, 3.63) is 50.9 Å². The molecule has 3 aromatic heterocycles. The number of aromatic nitrogens is 5. The van der Waals surface area contributed by atoms with Crippen LogP contribution in [0.1, 0.15) is 38.7 Å². The largest absolute Gasteiger partial charge is 0.326 e. The van der Waals surface area contributed by atoms with E-state index in [9.17, 15) is 9.59 Å². The van der Waals surface area contributed by atoms with Gasteiger partial charge in [0.1, 0.15) is 5.69 Å². The van der Waals surface area contributed by atoms with Gasteiger partial charge in [0.15, 0.2) is 5.65 Å². The highest BCUT2D eigenvalue weighted by Crippen LogP contribution is 2.57. The van der Waals surface area contributed by atoms with Crippen LogP contribution in [-0.2, 0) is 0 Å². The van der Waals surface area contributed by atoms with Crippen molar-refractivity contribution in [1.82, 2.24) is 24.6 Å². The number of nitrogens with one attached hydrogen (secondary N) is 2. The summed E-state index contributed by atoms with van der Waals surface area (Å²) in [6.07, 6.45) is 4.61. The molecule has 7 heteroatoms. The Morgan fingerprint density at radius 2 is 2.00 bits per heavy atom. The second kappa shape index (κ2) is 4.90. The lowest BCUT2D eigenvalue weighted by atomic mass is 9.88. The summed E-state index contributed by atoms with van der Waals surface area (Å²) in [6, 6.07) is 3.30. The average Bonchev–Trinajstić information content (AvgIpc) is 3.16. The van der Waals surface area contributed by atoms with Gasteiger partial charge in [-0.3, -0.25) is 9.78 Å². The van der Waals surface area contributed by atoms with Gasteiger partial charge < -0.3 is 4.98 Å². The zero-order chi connectivity index (χ0) is 17.1. The average molecular weight is 325 g/mol. The maximum atomic E-state index is 11.6. The molecule has 0 aliphatic heterocycles. The van der Waals surface area contributed by atoms with Crippen molar-refractivity contribution in [2.75, 3.05) is 0 Å². The lowest BCUT2D eigenvalue weighted by Crippen LogP contribution is -2.22. The van der Waals surface area contributed by atoms with E-state index < -0.39 is 11.2 Å². The van der Waals surface area contributed by atoms with E-state index in [0.29, 0.717) is 23.2 Å². The third-order valence-corrected chi connectivity index (χ3v) is 4.73. The molecule has 1 aliphatic carbocycles. The second-order valence-corrected chi connectivity index (χ2v) is 7.50. The Hall–Kier alpha value is -2.70. The van der Waals surface area contributed by atoms with Crippen molar-refractivity contribution in [2.45, 2.75) is 33.1 Å². The lowest BCUT2D eigenvalue weighted by Gasteiger charge is -2.18. The number of nitrogens with zero attached hydrogens (tertiary/aromatic N) is 3. The molecule has 0 amide bonds. The third kappa shape index (κ3) is 2.46. The molecule has 1 fully saturated rings. The van der Waals surface area contributed by atoms with Crippen LogP contribution in [0.5, 0.6) is 0 Å². The van der Waals surface area contributed by atoms with E-state index in [1.165, 1.54) is 6.07 Å². The number of aromatic amines is 2. The van der Waals surface area contributed by atoms with Crippen LogP contribution in [0.3, 0.4) is 0 Å². The molecule has 0 unspecified atom stereocenters. The Morgan fingerprint density at radius 1 is 1.21 bits per heavy atom. The van der Waals surface area contributed by atoms with Gasteiger partial charge in [-0.25, -0.2) is 14.3 Å². The summed E-state index contributed by atoms with van der Waals surface area (Å²) >= 11 is 0. The highest BCUT2D eigenvalue weighted by Gasteiger charge is 2.47. The number of hydrogen-bond acceptors (Lipinski definition) is 4. The minimum Gasteiger partial charge on any atom is -0.305 e. The highest BCUT2D eigenvalue weighted by atomic mass is 16.2.